The molecule has 0 saturated carbocycles. The molecule has 1 saturated heterocycles. The molecule has 138 valence electrons. The molecule has 1 unspecified atom stereocenters. The van der Waals surface area contributed by atoms with Gasteiger partial charge in [-0.1, -0.05) is 30.3 Å². The summed E-state index contributed by atoms with van der Waals surface area (Å²) in [7, 11) is 2.08. The van der Waals surface area contributed by atoms with E-state index in [9.17, 15) is 4.79 Å². The van der Waals surface area contributed by atoms with Crippen molar-refractivity contribution >= 4 is 11.9 Å². The molecule has 2 aromatic rings. The molecule has 2 heterocycles. The van der Waals surface area contributed by atoms with Crippen molar-refractivity contribution in [2.24, 2.45) is 5.92 Å². The lowest BCUT2D eigenvalue weighted by Gasteiger charge is -2.32. The van der Waals surface area contributed by atoms with Crippen LogP contribution >= 0.6 is 0 Å². The number of piperidine rings is 1. The second-order valence-corrected chi connectivity index (χ2v) is 6.85. The first kappa shape index (κ1) is 18.3. The van der Waals surface area contributed by atoms with Gasteiger partial charge in [-0.3, -0.25) is 4.79 Å². The third kappa shape index (κ3) is 5.26. The van der Waals surface area contributed by atoms with E-state index in [4.69, 9.17) is 0 Å². The number of amides is 1. The average molecular weight is 353 g/mol. The Morgan fingerprint density at radius 3 is 2.77 bits per heavy atom. The maximum atomic E-state index is 12.5. The van der Waals surface area contributed by atoms with Gasteiger partial charge in [-0.25, -0.2) is 9.97 Å². The highest BCUT2D eigenvalue weighted by molar-refractivity contribution is 5.79. The molecule has 1 aromatic heterocycles. The topological polar surface area (TPSA) is 61.4 Å². The molecule has 6 nitrogen and oxygen atoms in total. The van der Waals surface area contributed by atoms with Crippen molar-refractivity contribution in [3.8, 4) is 0 Å². The minimum absolute atomic E-state index is 0.00647. The van der Waals surface area contributed by atoms with Gasteiger partial charge < -0.3 is 15.1 Å². The fourth-order valence-corrected chi connectivity index (χ4v) is 3.32. The van der Waals surface area contributed by atoms with E-state index in [1.807, 2.05) is 12.1 Å². The number of aromatic nitrogens is 2. The fraction of sp³-hybridized carbons (Fsp3) is 0.450. The molecular weight excluding hydrogens is 326 g/mol. The Hall–Kier alpha value is -2.47. The van der Waals surface area contributed by atoms with Crippen LogP contribution in [-0.4, -0.2) is 54.0 Å². The summed E-state index contributed by atoms with van der Waals surface area (Å²) >= 11 is 0. The van der Waals surface area contributed by atoms with Gasteiger partial charge in [0, 0.05) is 45.1 Å². The van der Waals surface area contributed by atoms with Crippen molar-refractivity contribution in [2.75, 3.05) is 38.1 Å². The van der Waals surface area contributed by atoms with Gasteiger partial charge in [0.25, 0.3) is 0 Å². The third-order valence-electron chi connectivity index (χ3n) is 4.72. The molecule has 1 amide bonds. The highest BCUT2D eigenvalue weighted by atomic mass is 16.1. The Morgan fingerprint density at radius 2 is 2.00 bits per heavy atom. The van der Waals surface area contributed by atoms with E-state index >= 15 is 0 Å². The SMILES string of the molecule is CN(CCNC(=O)C1CCCN(c2ncccn2)C1)Cc1ccccc1. The van der Waals surface area contributed by atoms with Crippen molar-refractivity contribution in [3.63, 3.8) is 0 Å². The lowest BCUT2D eigenvalue weighted by atomic mass is 9.97. The number of hydrogen-bond acceptors (Lipinski definition) is 5. The van der Waals surface area contributed by atoms with Crippen molar-refractivity contribution in [3.05, 3.63) is 54.4 Å². The van der Waals surface area contributed by atoms with Crippen molar-refractivity contribution in [1.29, 1.82) is 0 Å². The summed E-state index contributed by atoms with van der Waals surface area (Å²) in [4.78, 5) is 25.4. The van der Waals surface area contributed by atoms with Gasteiger partial charge in [-0.15, -0.1) is 0 Å². The van der Waals surface area contributed by atoms with E-state index in [2.05, 4.69) is 56.4 Å². The highest BCUT2D eigenvalue weighted by Crippen LogP contribution is 2.19. The summed E-state index contributed by atoms with van der Waals surface area (Å²) < 4.78 is 0. The summed E-state index contributed by atoms with van der Waals surface area (Å²) in [5.74, 6) is 0.860. The van der Waals surface area contributed by atoms with E-state index in [1.165, 1.54) is 5.56 Å². The number of hydrogen-bond donors (Lipinski definition) is 1. The standard InChI is InChI=1S/C20H27N5O/c1-24(15-17-7-3-2-4-8-17)14-12-21-19(26)18-9-5-13-25(16-18)20-22-10-6-11-23-20/h2-4,6-8,10-11,18H,5,9,12-16H2,1H3,(H,21,26). The zero-order chi connectivity index (χ0) is 18.2. The normalized spacial score (nSPS) is 17.3. The maximum absolute atomic E-state index is 12.5. The molecule has 1 fully saturated rings. The Morgan fingerprint density at radius 1 is 1.23 bits per heavy atom. The summed E-state index contributed by atoms with van der Waals surface area (Å²) in [5.41, 5.74) is 1.28. The number of carbonyl (C=O) groups is 1. The molecule has 0 bridgehead atoms. The average Bonchev–Trinajstić information content (AvgIpc) is 2.69. The highest BCUT2D eigenvalue weighted by Gasteiger charge is 2.26. The maximum Gasteiger partial charge on any atom is 0.225 e. The van der Waals surface area contributed by atoms with Crippen LogP contribution in [0.3, 0.4) is 0 Å². The summed E-state index contributed by atoms with van der Waals surface area (Å²) in [5, 5.41) is 3.09. The lowest BCUT2D eigenvalue weighted by Crippen LogP contribution is -2.45. The van der Waals surface area contributed by atoms with E-state index in [0.29, 0.717) is 19.0 Å². The van der Waals surface area contributed by atoms with Crippen molar-refractivity contribution in [2.45, 2.75) is 19.4 Å². The van der Waals surface area contributed by atoms with Gasteiger partial charge in [0.05, 0.1) is 5.92 Å². The summed E-state index contributed by atoms with van der Waals surface area (Å²) in [6.45, 7) is 3.99. The Bertz CT molecular complexity index is 679. The Kier molecular flexibility index (Phi) is 6.55. The van der Waals surface area contributed by atoms with Gasteiger partial charge in [-0.2, -0.15) is 0 Å². The van der Waals surface area contributed by atoms with Crippen LogP contribution in [0, 0.1) is 5.92 Å². The number of anilines is 1. The second-order valence-electron chi connectivity index (χ2n) is 6.85. The zero-order valence-electron chi connectivity index (χ0n) is 15.3. The molecule has 26 heavy (non-hydrogen) atoms. The fourth-order valence-electron chi connectivity index (χ4n) is 3.32. The van der Waals surface area contributed by atoms with Crippen LogP contribution in [0.2, 0.25) is 0 Å². The minimum atomic E-state index is 0.00647. The predicted octanol–water partition coefficient (Wildman–Crippen LogP) is 1.94. The summed E-state index contributed by atoms with van der Waals surface area (Å²) in [6, 6.07) is 12.2. The molecule has 1 aliphatic heterocycles. The van der Waals surface area contributed by atoms with Crippen molar-refractivity contribution in [1.82, 2.24) is 20.2 Å². The smallest absolute Gasteiger partial charge is 0.225 e. The van der Waals surface area contributed by atoms with Gasteiger partial charge in [-0.05, 0) is 31.5 Å². The largest absolute Gasteiger partial charge is 0.355 e. The van der Waals surface area contributed by atoms with Crippen molar-refractivity contribution < 1.29 is 4.79 Å². The molecular formula is C20H27N5O. The van der Waals surface area contributed by atoms with Gasteiger partial charge >= 0.3 is 0 Å². The second kappa shape index (κ2) is 9.29. The van der Waals surface area contributed by atoms with Crippen LogP contribution in [0.15, 0.2) is 48.8 Å². The first-order chi connectivity index (χ1) is 12.7. The number of carbonyl (C=O) groups excluding carboxylic acids is 1. The number of nitrogens with one attached hydrogen (secondary N) is 1. The first-order valence-corrected chi connectivity index (χ1v) is 9.24. The van der Waals surface area contributed by atoms with E-state index in [1.54, 1.807) is 12.4 Å². The van der Waals surface area contributed by atoms with Crippen LogP contribution in [-0.2, 0) is 11.3 Å². The van der Waals surface area contributed by atoms with Crippen LogP contribution < -0.4 is 10.2 Å². The zero-order valence-corrected chi connectivity index (χ0v) is 15.3. The van der Waals surface area contributed by atoms with E-state index in [0.717, 1.165) is 32.5 Å². The first-order valence-electron chi connectivity index (χ1n) is 9.24. The molecule has 0 spiro atoms. The quantitative estimate of drug-likeness (QED) is 0.824. The third-order valence-corrected chi connectivity index (χ3v) is 4.72. The number of rotatable bonds is 7. The van der Waals surface area contributed by atoms with Crippen LogP contribution in [0.5, 0.6) is 0 Å². The Balaban J connectivity index is 1.41. The Labute approximate surface area is 155 Å². The van der Waals surface area contributed by atoms with Crippen LogP contribution in [0.1, 0.15) is 18.4 Å². The van der Waals surface area contributed by atoms with Crippen LogP contribution in [0.25, 0.3) is 0 Å². The molecule has 1 N–H and O–H groups in total. The molecule has 1 aromatic carbocycles. The number of nitrogens with zero attached hydrogens (tertiary/aromatic N) is 4. The van der Waals surface area contributed by atoms with E-state index < -0.39 is 0 Å². The molecule has 6 heteroatoms. The minimum Gasteiger partial charge on any atom is -0.355 e. The van der Waals surface area contributed by atoms with Gasteiger partial charge in [0.2, 0.25) is 11.9 Å². The van der Waals surface area contributed by atoms with Gasteiger partial charge in [0.1, 0.15) is 0 Å². The predicted molar refractivity (Wildman–Crippen MR) is 103 cm³/mol. The summed E-state index contributed by atoms with van der Waals surface area (Å²) in [6.07, 6.45) is 5.41. The van der Waals surface area contributed by atoms with Gasteiger partial charge in [0.15, 0.2) is 0 Å². The lowest BCUT2D eigenvalue weighted by molar-refractivity contribution is -0.125. The monoisotopic (exact) mass is 353 g/mol. The molecule has 3 rings (SSSR count). The number of likely N-dealkylation sites (N-methyl/N-ethyl adjacent to an activating group) is 1. The number of benzene rings is 1. The van der Waals surface area contributed by atoms with E-state index in [-0.39, 0.29) is 11.8 Å². The molecule has 1 aliphatic rings. The molecule has 0 radical (unpaired) electrons. The molecule has 1 atom stereocenters. The van der Waals surface area contributed by atoms with Crippen LogP contribution in [0.4, 0.5) is 5.95 Å². The molecule has 0 aliphatic carbocycles.